The number of hydrogen-bond donors (Lipinski definition) is 0. The molecule has 0 amide bonds. The van der Waals surface area contributed by atoms with Gasteiger partial charge in [-0.15, -0.1) is 22.3 Å². The third kappa shape index (κ3) is 3.79. The van der Waals surface area contributed by atoms with Gasteiger partial charge in [-0.3, -0.25) is 0 Å². The van der Waals surface area contributed by atoms with Crippen LogP contribution in [0.5, 0.6) is 0 Å². The van der Waals surface area contributed by atoms with Crippen LogP contribution in [0.4, 0.5) is 0 Å². The summed E-state index contributed by atoms with van der Waals surface area (Å²) < 4.78 is 0. The molecule has 1 aromatic rings. The molecule has 0 aromatic heterocycles. The fraction of sp³-hybridized carbons (Fsp3) is 0.467. The number of benzene rings is 1. The van der Waals surface area contributed by atoms with E-state index in [-0.39, 0.29) is 31.1 Å². The summed E-state index contributed by atoms with van der Waals surface area (Å²) in [5.41, 5.74) is 13.3. The first-order valence-electron chi connectivity index (χ1n) is 5.72. The molecular formula is C15H22N2U. The van der Waals surface area contributed by atoms with Crippen molar-refractivity contribution in [1.82, 2.24) is 0 Å². The summed E-state index contributed by atoms with van der Waals surface area (Å²) in [4.78, 5) is 0. The van der Waals surface area contributed by atoms with Crippen molar-refractivity contribution in [2.24, 2.45) is 0 Å². The van der Waals surface area contributed by atoms with Crippen molar-refractivity contribution in [2.75, 3.05) is 7.05 Å². The maximum absolute atomic E-state index is 9.00. The van der Waals surface area contributed by atoms with Gasteiger partial charge < -0.3 is 5.73 Å². The van der Waals surface area contributed by atoms with E-state index < -0.39 is 0 Å². The summed E-state index contributed by atoms with van der Waals surface area (Å²) in [6, 6.07) is 2.25. The molecule has 0 spiro atoms. The van der Waals surface area contributed by atoms with Crippen LogP contribution in [0.3, 0.4) is 0 Å². The second-order valence-corrected chi connectivity index (χ2v) is 4.24. The van der Waals surface area contributed by atoms with Crippen LogP contribution in [0.15, 0.2) is 0 Å². The Morgan fingerprint density at radius 3 is 1.39 bits per heavy atom. The molecule has 0 heterocycles. The second-order valence-electron chi connectivity index (χ2n) is 4.24. The maximum atomic E-state index is 9.00. The molecule has 3 heteroatoms. The minimum absolute atomic E-state index is 0. The van der Waals surface area contributed by atoms with Gasteiger partial charge in [-0.2, -0.15) is 12.6 Å². The van der Waals surface area contributed by atoms with Crippen molar-refractivity contribution in [1.29, 1.82) is 5.26 Å². The van der Waals surface area contributed by atoms with Crippen LogP contribution >= 0.6 is 0 Å². The number of nitrogens with one attached hydrogen (secondary N) is 1. The average Bonchev–Trinajstić information content (AvgIpc) is 2.36. The Kier molecular flexibility index (Phi) is 9.58. The van der Waals surface area contributed by atoms with Gasteiger partial charge in [0, 0.05) is 6.07 Å². The number of hydrogen-bond acceptors (Lipinski definition) is 1. The molecule has 0 unspecified atom stereocenters. The van der Waals surface area contributed by atoms with E-state index in [9.17, 15) is 0 Å². The topological polar surface area (TPSA) is 47.6 Å². The Morgan fingerprint density at radius 2 is 1.11 bits per heavy atom. The molecule has 2 nitrogen and oxygen atoms in total. The van der Waals surface area contributed by atoms with Gasteiger partial charge in [0.05, 0.1) is 0 Å². The summed E-state index contributed by atoms with van der Waals surface area (Å²) in [5, 5.41) is 9.00. The molecule has 1 N–H and O–H groups in total. The van der Waals surface area contributed by atoms with Crippen molar-refractivity contribution in [3.05, 3.63) is 45.0 Å². The Balaban J connectivity index is 0. The van der Waals surface area contributed by atoms with E-state index >= 15 is 0 Å². The van der Waals surface area contributed by atoms with Gasteiger partial charge in [-0.25, -0.2) is 5.26 Å². The molecule has 0 radical (unpaired) electrons. The molecule has 0 saturated carbocycles. The first-order chi connectivity index (χ1) is 7.91. The van der Waals surface area contributed by atoms with E-state index in [1.54, 1.807) is 0 Å². The second kappa shape index (κ2) is 8.65. The molecule has 1 aromatic carbocycles. The minimum Gasteiger partial charge on any atom is -0.680 e. The zero-order valence-electron chi connectivity index (χ0n) is 12.4. The Morgan fingerprint density at radius 1 is 0.833 bits per heavy atom. The predicted molar refractivity (Wildman–Crippen MR) is 74.0 cm³/mol. The van der Waals surface area contributed by atoms with Crippen molar-refractivity contribution >= 4 is 0 Å². The Bertz CT molecular complexity index is 416. The number of nitriles is 1. The molecule has 0 aliphatic heterocycles. The maximum Gasteiger partial charge on any atom is 2.00 e. The first kappa shape index (κ1) is 19.9. The van der Waals surface area contributed by atoms with Gasteiger partial charge in [0.15, 0.2) is 0 Å². The molecule has 0 aliphatic rings. The summed E-state index contributed by atoms with van der Waals surface area (Å²) >= 11 is 0. The smallest absolute Gasteiger partial charge is 0.680 e. The fourth-order valence-corrected chi connectivity index (χ4v) is 2.12. The normalized spacial score (nSPS) is 8.61. The minimum atomic E-state index is 0. The quantitative estimate of drug-likeness (QED) is 0.565. The van der Waals surface area contributed by atoms with Gasteiger partial charge in [0.2, 0.25) is 0 Å². The van der Waals surface area contributed by atoms with Crippen LogP contribution in [-0.4, -0.2) is 7.05 Å². The van der Waals surface area contributed by atoms with E-state index in [4.69, 9.17) is 11.0 Å². The Hall–Kier alpha value is -0.408. The standard InChI is InChI=1S/C14H18N.CH4N.U/c1-8(7-15)14-12(5)10(3)9(2)11(4)13(14)6;1-2;/h1-6H3;2H,1H3;/q2*-1;+2. The van der Waals surface area contributed by atoms with Crippen LogP contribution in [-0.2, 0) is 0 Å². The van der Waals surface area contributed by atoms with Gasteiger partial charge in [-0.1, -0.05) is 46.1 Å². The van der Waals surface area contributed by atoms with Crippen LogP contribution in [0.1, 0.15) is 40.3 Å². The molecule has 96 valence electrons. The number of rotatable bonds is 1. The van der Waals surface area contributed by atoms with Gasteiger partial charge in [0.1, 0.15) is 0 Å². The van der Waals surface area contributed by atoms with Crippen LogP contribution in [0, 0.1) is 83.0 Å². The van der Waals surface area contributed by atoms with Crippen molar-refractivity contribution in [3.8, 4) is 6.07 Å². The van der Waals surface area contributed by atoms with Crippen molar-refractivity contribution < 1.29 is 31.1 Å². The van der Waals surface area contributed by atoms with Crippen molar-refractivity contribution in [3.63, 3.8) is 0 Å². The van der Waals surface area contributed by atoms with E-state index in [1.807, 2.05) is 6.92 Å². The SMILES string of the molecule is C[NH-].Cc1c(C)c(C)c([C-](C)C#N)c(C)c1C.[U+2]. The summed E-state index contributed by atoms with van der Waals surface area (Å²) in [7, 11) is 1.25. The van der Waals surface area contributed by atoms with E-state index in [0.29, 0.717) is 0 Å². The zero-order chi connectivity index (χ0) is 13.7. The van der Waals surface area contributed by atoms with Crippen molar-refractivity contribution in [2.45, 2.75) is 41.5 Å². The van der Waals surface area contributed by atoms with Gasteiger partial charge in [0.25, 0.3) is 0 Å². The van der Waals surface area contributed by atoms with Crippen LogP contribution < -0.4 is 0 Å². The molecule has 0 saturated heterocycles. The summed E-state index contributed by atoms with van der Waals surface area (Å²) in [6.45, 7) is 12.5. The van der Waals surface area contributed by atoms with E-state index in [1.165, 1.54) is 34.9 Å². The molecule has 18 heavy (non-hydrogen) atoms. The monoisotopic (exact) mass is 468 g/mol. The largest absolute Gasteiger partial charge is 2.00 e. The third-order valence-electron chi connectivity index (χ3n) is 3.54. The van der Waals surface area contributed by atoms with E-state index in [2.05, 4.69) is 40.7 Å². The molecular weight excluding hydrogens is 446 g/mol. The van der Waals surface area contributed by atoms with Crippen LogP contribution in [0.2, 0.25) is 0 Å². The molecule has 0 atom stereocenters. The molecule has 0 aliphatic carbocycles. The van der Waals surface area contributed by atoms with Gasteiger partial charge >= 0.3 is 31.1 Å². The molecule has 1 rings (SSSR count). The average molecular weight is 468 g/mol. The van der Waals surface area contributed by atoms with Crippen LogP contribution in [0.25, 0.3) is 5.73 Å². The Labute approximate surface area is 135 Å². The number of nitrogens with zero attached hydrogens (tertiary/aromatic N) is 1. The summed E-state index contributed by atoms with van der Waals surface area (Å²) in [5.74, 6) is 0.816. The van der Waals surface area contributed by atoms with E-state index in [0.717, 1.165) is 11.5 Å². The fourth-order valence-electron chi connectivity index (χ4n) is 2.12. The molecule has 0 bridgehead atoms. The first-order valence-corrected chi connectivity index (χ1v) is 5.72. The predicted octanol–water partition coefficient (Wildman–Crippen LogP) is 4.36. The molecule has 0 fully saturated rings. The zero-order valence-corrected chi connectivity index (χ0v) is 16.6. The third-order valence-corrected chi connectivity index (χ3v) is 3.54. The summed E-state index contributed by atoms with van der Waals surface area (Å²) in [6.07, 6.45) is 0. The van der Waals surface area contributed by atoms with Gasteiger partial charge in [-0.05, 0) is 6.92 Å².